The van der Waals surface area contributed by atoms with Crippen LogP contribution in [0.4, 0.5) is 11.4 Å². The van der Waals surface area contributed by atoms with Crippen LogP contribution >= 0.6 is 23.2 Å². The van der Waals surface area contributed by atoms with E-state index in [0.29, 0.717) is 10.0 Å². The summed E-state index contributed by atoms with van der Waals surface area (Å²) < 4.78 is 0. The van der Waals surface area contributed by atoms with Crippen LogP contribution in [0.5, 0.6) is 0 Å². The zero-order valence-corrected chi connectivity index (χ0v) is 21.5. The van der Waals surface area contributed by atoms with E-state index >= 15 is 0 Å². The molecule has 3 aromatic rings. The fraction of sp³-hybridized carbons (Fsp3) is 0.174. The van der Waals surface area contributed by atoms with E-state index in [1.54, 1.807) is 0 Å². The summed E-state index contributed by atoms with van der Waals surface area (Å²) in [4.78, 5) is 14.2. The minimum absolute atomic E-state index is 0. The van der Waals surface area contributed by atoms with Gasteiger partial charge in [-0.1, -0.05) is 29.3 Å². The predicted molar refractivity (Wildman–Crippen MR) is 120 cm³/mol. The number of rotatable bonds is 4. The molecule has 0 bridgehead atoms. The van der Waals surface area contributed by atoms with Crippen molar-refractivity contribution in [2.24, 2.45) is 9.98 Å². The van der Waals surface area contributed by atoms with Crippen molar-refractivity contribution in [2.75, 3.05) is 0 Å². The molecule has 3 nitrogen and oxygen atoms in total. The van der Waals surface area contributed by atoms with Crippen molar-refractivity contribution in [1.29, 1.82) is 0 Å². The topological polar surface area (TPSA) is 37.6 Å². The Morgan fingerprint density at radius 2 is 1.10 bits per heavy atom. The molecule has 0 radical (unpaired) electrons. The smallest absolute Gasteiger partial charge is 1.00 e. The molecule has 2 aromatic carbocycles. The third-order valence-electron chi connectivity index (χ3n) is 4.38. The van der Waals surface area contributed by atoms with Gasteiger partial charge < -0.3 is 24.8 Å². The van der Waals surface area contributed by atoms with E-state index in [1.807, 2.05) is 82.3 Å². The maximum atomic E-state index is 6.03. The Morgan fingerprint density at radius 3 is 1.45 bits per heavy atom. The van der Waals surface area contributed by atoms with Gasteiger partial charge in [-0.3, -0.25) is 9.98 Å². The summed E-state index contributed by atoms with van der Waals surface area (Å²) in [6.07, 6.45) is 0. The molecule has 0 saturated carbocycles. The van der Waals surface area contributed by atoms with E-state index in [0.717, 1.165) is 45.3 Å². The summed E-state index contributed by atoms with van der Waals surface area (Å²) in [5.74, 6) is 0. The normalized spacial score (nSPS) is 11.2. The predicted octanol–water partition coefficient (Wildman–Crippen LogP) is 1.29. The van der Waals surface area contributed by atoms with Gasteiger partial charge in [0.05, 0.1) is 34.2 Å². The van der Waals surface area contributed by atoms with Gasteiger partial charge in [0.25, 0.3) is 0 Å². The van der Waals surface area contributed by atoms with Crippen LogP contribution in [-0.2, 0) is 17.1 Å². The Labute approximate surface area is 216 Å². The van der Waals surface area contributed by atoms with Gasteiger partial charge in [-0.25, -0.2) is 4.98 Å². The van der Waals surface area contributed by atoms with E-state index in [4.69, 9.17) is 38.2 Å². The molecule has 1 heterocycles. The number of aryl methyl sites for hydroxylation is 2. The van der Waals surface area contributed by atoms with E-state index in [-0.39, 0.29) is 41.9 Å². The third-order valence-corrected chi connectivity index (χ3v) is 4.85. The Balaban J connectivity index is 0.00000300. The van der Waals surface area contributed by atoms with Crippen molar-refractivity contribution in [3.63, 3.8) is 0 Å². The van der Waals surface area contributed by atoms with Crippen molar-refractivity contribution in [1.82, 2.24) is 4.98 Å². The van der Waals surface area contributed by atoms with Crippen molar-refractivity contribution >= 4 is 46.0 Å². The van der Waals surface area contributed by atoms with Gasteiger partial charge in [0.1, 0.15) is 0 Å². The van der Waals surface area contributed by atoms with Crippen LogP contribution in [-0.4, -0.2) is 16.4 Å². The number of pyridine rings is 1. The first-order valence-electron chi connectivity index (χ1n) is 8.94. The average Bonchev–Trinajstić information content (AvgIpc) is 2.66. The van der Waals surface area contributed by atoms with E-state index in [1.165, 1.54) is 0 Å². The Hall–Kier alpha value is -1.39. The van der Waals surface area contributed by atoms with Crippen LogP contribution in [0.25, 0.3) is 0 Å². The number of benzene rings is 2. The zero-order chi connectivity index (χ0) is 20.3. The van der Waals surface area contributed by atoms with Gasteiger partial charge in [-0.15, -0.1) is 0 Å². The van der Waals surface area contributed by atoms with Crippen LogP contribution in [0.3, 0.4) is 0 Å². The molecule has 0 N–H and O–H groups in total. The van der Waals surface area contributed by atoms with Crippen LogP contribution in [0.15, 0.2) is 64.6 Å². The van der Waals surface area contributed by atoms with E-state index in [2.05, 4.69) is 0 Å². The number of nitrogens with zero attached hydrogens (tertiary/aromatic N) is 3. The molecule has 8 heteroatoms. The molecule has 0 fully saturated rings. The maximum Gasteiger partial charge on any atom is 2.00 e. The summed E-state index contributed by atoms with van der Waals surface area (Å²) in [5, 5.41) is 1.41. The minimum Gasteiger partial charge on any atom is -1.00 e. The first-order valence-corrected chi connectivity index (χ1v) is 9.70. The van der Waals surface area contributed by atoms with Gasteiger partial charge in [0.2, 0.25) is 0 Å². The summed E-state index contributed by atoms with van der Waals surface area (Å²) >= 11 is 12.1. The number of halogens is 4. The van der Waals surface area contributed by atoms with Crippen LogP contribution < -0.4 is 24.8 Å². The zero-order valence-electron chi connectivity index (χ0n) is 17.4. The number of hydrogen-bond acceptors (Lipinski definition) is 3. The Morgan fingerprint density at radius 1 is 0.710 bits per heavy atom. The quantitative estimate of drug-likeness (QED) is 0.366. The van der Waals surface area contributed by atoms with E-state index in [9.17, 15) is 0 Å². The molecule has 31 heavy (non-hydrogen) atoms. The van der Waals surface area contributed by atoms with E-state index < -0.39 is 0 Å². The molecule has 0 spiro atoms. The first kappa shape index (κ1) is 29.6. The summed E-state index contributed by atoms with van der Waals surface area (Å²) in [5.41, 5.74) is 7.12. The molecular formula is C23H21Cl4FeN3. The van der Waals surface area contributed by atoms with Gasteiger partial charge in [-0.05, 0) is 87.4 Å². The number of aromatic nitrogens is 1. The molecule has 0 saturated heterocycles. The van der Waals surface area contributed by atoms with Crippen molar-refractivity contribution in [3.8, 4) is 0 Å². The standard InChI is InChI=1S/C23H21Cl2N3.2ClH.Fe/c1-14-12-18(24)8-10-20(14)26-16(3)22-6-5-7-23(28-22)17(4)27-21-11-9-19(25)13-15(21)2;;;/h5-13H,1-4H3;2*1H;/q;;;+2/p-2/b26-16+,27-17+;;;. The number of aliphatic imine (C=N–C) groups is 2. The minimum atomic E-state index is 0. The molecule has 0 amide bonds. The van der Waals surface area contributed by atoms with Crippen LogP contribution in [0, 0.1) is 13.8 Å². The molecule has 3 rings (SSSR count). The van der Waals surface area contributed by atoms with Crippen molar-refractivity contribution < 1.29 is 41.9 Å². The van der Waals surface area contributed by atoms with Crippen molar-refractivity contribution in [2.45, 2.75) is 27.7 Å². The molecule has 0 aliphatic rings. The summed E-state index contributed by atoms with van der Waals surface area (Å²) in [7, 11) is 0. The van der Waals surface area contributed by atoms with Gasteiger partial charge in [-0.2, -0.15) is 0 Å². The van der Waals surface area contributed by atoms with Crippen LogP contribution in [0.2, 0.25) is 10.0 Å². The second kappa shape index (κ2) is 13.2. The maximum absolute atomic E-state index is 6.03. The Kier molecular flexibility index (Phi) is 12.6. The van der Waals surface area contributed by atoms with Gasteiger partial charge in [0.15, 0.2) is 0 Å². The fourth-order valence-electron chi connectivity index (χ4n) is 2.80. The number of hydrogen-bond donors (Lipinski definition) is 0. The third kappa shape index (κ3) is 7.91. The molecule has 0 unspecified atom stereocenters. The largest absolute Gasteiger partial charge is 2.00 e. The SMILES string of the molecule is C/C(=N\c1ccc(Cl)cc1C)c1cccc(/C(C)=N/c2ccc(Cl)cc2C)n1.[Cl-].[Cl-].[Fe+2]. The fourth-order valence-corrected chi connectivity index (χ4v) is 3.26. The average molecular weight is 537 g/mol. The molecule has 0 atom stereocenters. The Bertz CT molecular complexity index is 1020. The molecular weight excluding hydrogens is 516 g/mol. The van der Waals surface area contributed by atoms with Crippen molar-refractivity contribution in [3.05, 3.63) is 87.2 Å². The molecule has 1 aromatic heterocycles. The molecule has 0 aliphatic heterocycles. The molecule has 0 aliphatic carbocycles. The monoisotopic (exact) mass is 535 g/mol. The van der Waals surface area contributed by atoms with Gasteiger partial charge in [0, 0.05) is 10.0 Å². The molecule has 164 valence electrons. The second-order valence-corrected chi connectivity index (χ2v) is 7.54. The summed E-state index contributed by atoms with van der Waals surface area (Å²) in [6.45, 7) is 7.89. The van der Waals surface area contributed by atoms with Gasteiger partial charge >= 0.3 is 17.1 Å². The summed E-state index contributed by atoms with van der Waals surface area (Å²) in [6, 6.07) is 17.2. The second-order valence-electron chi connectivity index (χ2n) is 6.66. The first-order chi connectivity index (χ1) is 13.3. The van der Waals surface area contributed by atoms with Crippen LogP contribution in [0.1, 0.15) is 36.4 Å².